The van der Waals surface area contributed by atoms with E-state index < -0.39 is 11.8 Å². The quantitative estimate of drug-likeness (QED) is 0.694. The van der Waals surface area contributed by atoms with Crippen LogP contribution in [0.4, 0.5) is 10.1 Å². The zero-order valence-corrected chi connectivity index (χ0v) is 11.5. The van der Waals surface area contributed by atoms with Crippen molar-refractivity contribution in [2.24, 2.45) is 0 Å². The van der Waals surface area contributed by atoms with Gasteiger partial charge in [-0.1, -0.05) is 28.1 Å². The number of rotatable bonds is 3. The first kappa shape index (κ1) is 13.5. The number of hydrogen-bond donors (Lipinski definition) is 1. The third-order valence-corrected chi connectivity index (χ3v) is 2.96. The summed E-state index contributed by atoms with van der Waals surface area (Å²) in [6.45, 7) is 0.0759. The highest BCUT2D eigenvalue weighted by Crippen LogP contribution is 2.16. The molecule has 3 nitrogen and oxygen atoms in total. The molecule has 2 aromatic carbocycles. The average molecular weight is 324 g/mol. The van der Waals surface area contributed by atoms with Crippen LogP contribution >= 0.6 is 15.9 Å². The number of anilines is 1. The SMILES string of the molecule is Nc1ccc(F)c(C(=O)OCc2cccc(Br)c2)c1. The molecule has 2 N–H and O–H groups in total. The molecule has 0 aliphatic rings. The summed E-state index contributed by atoms with van der Waals surface area (Å²) in [5.41, 5.74) is 6.48. The number of nitrogen functional groups attached to an aromatic ring is 1. The highest BCUT2D eigenvalue weighted by molar-refractivity contribution is 9.10. The molecule has 0 bridgehead atoms. The van der Waals surface area contributed by atoms with E-state index >= 15 is 0 Å². The Morgan fingerprint density at radius 2 is 2.05 bits per heavy atom. The lowest BCUT2D eigenvalue weighted by atomic mass is 10.2. The van der Waals surface area contributed by atoms with Crippen molar-refractivity contribution in [1.82, 2.24) is 0 Å². The predicted molar refractivity (Wildman–Crippen MR) is 74.1 cm³/mol. The largest absolute Gasteiger partial charge is 0.457 e. The number of ether oxygens (including phenoxy) is 1. The minimum atomic E-state index is -0.732. The monoisotopic (exact) mass is 323 g/mol. The molecule has 0 aliphatic carbocycles. The summed E-state index contributed by atoms with van der Waals surface area (Å²) < 4.78 is 19.4. The number of halogens is 2. The topological polar surface area (TPSA) is 52.3 Å². The van der Waals surface area contributed by atoms with Crippen molar-refractivity contribution in [3.8, 4) is 0 Å². The van der Waals surface area contributed by atoms with Gasteiger partial charge in [0, 0.05) is 10.2 Å². The summed E-state index contributed by atoms with van der Waals surface area (Å²) in [5.74, 6) is -1.38. The average Bonchev–Trinajstić information content (AvgIpc) is 2.39. The normalized spacial score (nSPS) is 10.2. The van der Waals surface area contributed by atoms with Crippen LogP contribution in [0.5, 0.6) is 0 Å². The highest BCUT2D eigenvalue weighted by atomic mass is 79.9. The molecule has 0 saturated carbocycles. The van der Waals surface area contributed by atoms with Crippen LogP contribution in [0.1, 0.15) is 15.9 Å². The van der Waals surface area contributed by atoms with Crippen LogP contribution in [0.2, 0.25) is 0 Å². The van der Waals surface area contributed by atoms with Crippen LogP contribution in [-0.2, 0) is 11.3 Å². The summed E-state index contributed by atoms with van der Waals surface area (Å²) in [4.78, 5) is 11.7. The molecule has 0 heterocycles. The first-order valence-electron chi connectivity index (χ1n) is 5.53. The van der Waals surface area contributed by atoms with E-state index in [0.717, 1.165) is 16.1 Å². The highest BCUT2D eigenvalue weighted by Gasteiger charge is 2.13. The lowest BCUT2D eigenvalue weighted by Gasteiger charge is -2.06. The van der Waals surface area contributed by atoms with Crippen molar-refractivity contribution in [2.75, 3.05) is 5.73 Å². The van der Waals surface area contributed by atoms with Crippen LogP contribution in [-0.4, -0.2) is 5.97 Å². The smallest absolute Gasteiger partial charge is 0.341 e. The van der Waals surface area contributed by atoms with Crippen molar-refractivity contribution in [3.05, 3.63) is 63.9 Å². The summed E-state index contributed by atoms with van der Waals surface area (Å²) in [5, 5.41) is 0. The van der Waals surface area contributed by atoms with Gasteiger partial charge in [0.1, 0.15) is 12.4 Å². The van der Waals surface area contributed by atoms with E-state index in [2.05, 4.69) is 15.9 Å². The van der Waals surface area contributed by atoms with Gasteiger partial charge in [-0.05, 0) is 35.9 Å². The van der Waals surface area contributed by atoms with Crippen molar-refractivity contribution in [3.63, 3.8) is 0 Å². The van der Waals surface area contributed by atoms with Crippen molar-refractivity contribution in [2.45, 2.75) is 6.61 Å². The van der Waals surface area contributed by atoms with Gasteiger partial charge in [0.25, 0.3) is 0 Å². The number of benzene rings is 2. The molecule has 0 amide bonds. The van der Waals surface area contributed by atoms with E-state index in [1.807, 2.05) is 24.3 Å². The Morgan fingerprint density at radius 3 is 2.79 bits per heavy atom. The van der Waals surface area contributed by atoms with E-state index in [4.69, 9.17) is 10.5 Å². The Kier molecular flexibility index (Phi) is 4.16. The Balaban J connectivity index is 2.07. The molecule has 0 radical (unpaired) electrons. The lowest BCUT2D eigenvalue weighted by molar-refractivity contribution is 0.0467. The third kappa shape index (κ3) is 3.54. The van der Waals surface area contributed by atoms with Gasteiger partial charge in [-0.25, -0.2) is 9.18 Å². The Bertz CT molecular complexity index is 616. The van der Waals surface area contributed by atoms with Gasteiger partial charge in [-0.15, -0.1) is 0 Å². The Morgan fingerprint density at radius 1 is 1.26 bits per heavy atom. The van der Waals surface area contributed by atoms with Gasteiger partial charge >= 0.3 is 5.97 Å². The lowest BCUT2D eigenvalue weighted by Crippen LogP contribution is -2.08. The van der Waals surface area contributed by atoms with E-state index in [0.29, 0.717) is 5.69 Å². The van der Waals surface area contributed by atoms with Gasteiger partial charge in [0.2, 0.25) is 0 Å². The van der Waals surface area contributed by atoms with Crippen LogP contribution < -0.4 is 5.73 Å². The molecule has 0 saturated heterocycles. The summed E-state index contributed by atoms with van der Waals surface area (Å²) in [7, 11) is 0. The zero-order valence-electron chi connectivity index (χ0n) is 9.90. The van der Waals surface area contributed by atoms with E-state index in [1.165, 1.54) is 12.1 Å². The molecule has 0 fully saturated rings. The van der Waals surface area contributed by atoms with Gasteiger partial charge in [0.05, 0.1) is 5.56 Å². The maximum absolute atomic E-state index is 13.4. The molecular formula is C14H11BrFNO2. The van der Waals surface area contributed by atoms with Crippen molar-refractivity contribution in [1.29, 1.82) is 0 Å². The molecule has 0 unspecified atom stereocenters. The fourth-order valence-electron chi connectivity index (χ4n) is 1.55. The number of nitrogens with two attached hydrogens (primary N) is 1. The second-order valence-electron chi connectivity index (χ2n) is 3.95. The number of hydrogen-bond acceptors (Lipinski definition) is 3. The van der Waals surface area contributed by atoms with Crippen LogP contribution in [0.3, 0.4) is 0 Å². The van der Waals surface area contributed by atoms with Gasteiger partial charge in [0.15, 0.2) is 0 Å². The van der Waals surface area contributed by atoms with Crippen LogP contribution in [0.25, 0.3) is 0 Å². The first-order valence-corrected chi connectivity index (χ1v) is 6.32. The van der Waals surface area contributed by atoms with Gasteiger partial charge in [-0.3, -0.25) is 0 Å². The van der Waals surface area contributed by atoms with Gasteiger partial charge in [-0.2, -0.15) is 0 Å². The van der Waals surface area contributed by atoms with E-state index in [9.17, 15) is 9.18 Å². The van der Waals surface area contributed by atoms with E-state index in [-0.39, 0.29) is 12.2 Å². The molecule has 2 rings (SSSR count). The van der Waals surface area contributed by atoms with Crippen molar-refractivity contribution >= 4 is 27.6 Å². The van der Waals surface area contributed by atoms with Crippen LogP contribution in [0.15, 0.2) is 46.9 Å². The molecule has 5 heteroatoms. The standard InChI is InChI=1S/C14H11BrFNO2/c15-10-3-1-2-9(6-10)8-19-14(18)12-7-11(17)4-5-13(12)16/h1-7H,8,17H2. The van der Waals surface area contributed by atoms with Gasteiger partial charge < -0.3 is 10.5 Å². The Labute approximate surface area is 118 Å². The fraction of sp³-hybridized carbons (Fsp3) is 0.0714. The zero-order chi connectivity index (χ0) is 13.8. The molecular weight excluding hydrogens is 313 g/mol. The fourth-order valence-corrected chi connectivity index (χ4v) is 2.00. The molecule has 0 aliphatic heterocycles. The first-order chi connectivity index (χ1) is 9.06. The molecule has 0 aromatic heterocycles. The maximum atomic E-state index is 13.4. The molecule has 0 spiro atoms. The van der Waals surface area contributed by atoms with E-state index in [1.54, 1.807) is 0 Å². The summed E-state index contributed by atoms with van der Waals surface area (Å²) >= 11 is 3.32. The maximum Gasteiger partial charge on any atom is 0.341 e. The van der Waals surface area contributed by atoms with Crippen LogP contribution in [0, 0.1) is 5.82 Å². The molecule has 2 aromatic rings. The number of carbonyl (C=O) groups is 1. The van der Waals surface area contributed by atoms with Crippen molar-refractivity contribution < 1.29 is 13.9 Å². The second kappa shape index (κ2) is 5.84. The summed E-state index contributed by atoms with van der Waals surface area (Å²) in [6.07, 6.45) is 0. The minimum Gasteiger partial charge on any atom is -0.457 e. The number of carbonyl (C=O) groups excluding carboxylic acids is 1. The molecule has 19 heavy (non-hydrogen) atoms. The minimum absolute atomic E-state index is 0.0759. The Hall–Kier alpha value is -1.88. The second-order valence-corrected chi connectivity index (χ2v) is 4.86. The molecule has 0 atom stereocenters. The number of esters is 1. The molecule has 98 valence electrons. The summed E-state index contributed by atoms with van der Waals surface area (Å²) in [6, 6.07) is 11.1. The third-order valence-electron chi connectivity index (χ3n) is 2.47. The predicted octanol–water partition coefficient (Wildman–Crippen LogP) is 3.53.